The Hall–Kier alpha value is -2.77. The molecule has 32 heavy (non-hydrogen) atoms. The van der Waals surface area contributed by atoms with E-state index in [2.05, 4.69) is 0 Å². The Labute approximate surface area is 190 Å². The Kier molecular flexibility index (Phi) is 8.15. The van der Waals surface area contributed by atoms with Gasteiger partial charge in [-0.05, 0) is 72.1 Å². The first-order valence-corrected chi connectivity index (χ1v) is 11.0. The fraction of sp³-hybridized carbons (Fsp3) is 0.625. The van der Waals surface area contributed by atoms with E-state index in [1.807, 2.05) is 0 Å². The summed E-state index contributed by atoms with van der Waals surface area (Å²) in [5.74, 6) is -0.0876. The van der Waals surface area contributed by atoms with Crippen LogP contribution in [0.2, 0.25) is 0 Å². The minimum atomic E-state index is -0.873. The maximum absolute atomic E-state index is 12.9. The zero-order valence-corrected chi connectivity index (χ0v) is 20.3. The van der Waals surface area contributed by atoms with Crippen molar-refractivity contribution in [2.24, 2.45) is 0 Å². The van der Waals surface area contributed by atoms with E-state index in [4.69, 9.17) is 14.2 Å². The Morgan fingerprint density at radius 3 is 1.97 bits per heavy atom. The molecular weight excluding hydrogens is 412 g/mol. The number of ether oxygens (including phenoxy) is 3. The van der Waals surface area contributed by atoms with Crippen LogP contribution >= 0.6 is 0 Å². The lowest BCUT2D eigenvalue weighted by Gasteiger charge is -2.31. The monoisotopic (exact) mass is 448 g/mol. The summed E-state index contributed by atoms with van der Waals surface area (Å²) in [5.41, 5.74) is -0.597. The van der Waals surface area contributed by atoms with E-state index in [-0.39, 0.29) is 12.5 Å². The van der Waals surface area contributed by atoms with E-state index < -0.39 is 29.3 Å². The van der Waals surface area contributed by atoms with Gasteiger partial charge < -0.3 is 19.1 Å². The number of esters is 1. The number of carbonyl (C=O) groups is 3. The molecule has 1 atom stereocenters. The van der Waals surface area contributed by atoms with E-state index >= 15 is 0 Å². The summed E-state index contributed by atoms with van der Waals surface area (Å²) < 4.78 is 16.4. The van der Waals surface area contributed by atoms with Crippen molar-refractivity contribution in [3.8, 4) is 5.75 Å². The van der Waals surface area contributed by atoms with Crippen LogP contribution in [0.25, 0.3) is 0 Å². The molecule has 1 aliphatic rings. The Morgan fingerprint density at radius 1 is 0.938 bits per heavy atom. The molecule has 0 saturated carbocycles. The zero-order chi connectivity index (χ0) is 24.1. The molecule has 8 nitrogen and oxygen atoms in total. The molecule has 1 fully saturated rings. The minimum Gasteiger partial charge on any atom is -0.458 e. The van der Waals surface area contributed by atoms with Crippen molar-refractivity contribution in [1.82, 2.24) is 9.80 Å². The third-order valence-corrected chi connectivity index (χ3v) is 4.75. The van der Waals surface area contributed by atoms with Gasteiger partial charge in [-0.15, -0.1) is 0 Å². The highest BCUT2D eigenvalue weighted by Crippen LogP contribution is 2.20. The molecule has 0 aliphatic carbocycles. The maximum Gasteiger partial charge on any atom is 0.415 e. The van der Waals surface area contributed by atoms with Crippen LogP contribution < -0.4 is 4.74 Å². The number of benzene rings is 1. The largest absolute Gasteiger partial charge is 0.458 e. The number of carbonyl (C=O) groups excluding carboxylic acids is 3. The van der Waals surface area contributed by atoms with Crippen LogP contribution in [0, 0.1) is 0 Å². The second kappa shape index (κ2) is 10.2. The van der Waals surface area contributed by atoms with Crippen molar-refractivity contribution in [3.05, 3.63) is 29.8 Å². The maximum atomic E-state index is 12.9. The summed E-state index contributed by atoms with van der Waals surface area (Å²) in [6.45, 7) is 12.1. The number of likely N-dealkylation sites (tertiary alicyclic amines) is 1. The fourth-order valence-corrected chi connectivity index (χ4v) is 3.19. The predicted molar refractivity (Wildman–Crippen MR) is 121 cm³/mol. The zero-order valence-electron chi connectivity index (χ0n) is 20.3. The number of rotatable bonds is 5. The molecule has 1 aromatic rings. The van der Waals surface area contributed by atoms with Gasteiger partial charge >= 0.3 is 18.2 Å². The van der Waals surface area contributed by atoms with Crippen LogP contribution in [0.5, 0.6) is 5.75 Å². The first-order chi connectivity index (χ1) is 14.7. The molecule has 0 unspecified atom stereocenters. The van der Waals surface area contributed by atoms with Crippen molar-refractivity contribution >= 4 is 18.2 Å². The molecule has 0 N–H and O–H groups in total. The first kappa shape index (κ1) is 25.5. The Balaban J connectivity index is 2.12. The van der Waals surface area contributed by atoms with Crippen LogP contribution in [0.15, 0.2) is 24.3 Å². The molecule has 1 aromatic carbocycles. The lowest BCUT2D eigenvalue weighted by Crippen LogP contribution is -2.48. The number of hydrogen-bond acceptors (Lipinski definition) is 6. The summed E-state index contributed by atoms with van der Waals surface area (Å²) in [6, 6.07) is 6.04. The Bertz CT molecular complexity index is 801. The second-order valence-electron chi connectivity index (χ2n) is 10.1. The quantitative estimate of drug-likeness (QED) is 0.621. The first-order valence-electron chi connectivity index (χ1n) is 11.0. The highest BCUT2D eigenvalue weighted by molar-refractivity contribution is 5.82. The number of amides is 2. The third kappa shape index (κ3) is 8.05. The molecule has 1 aliphatic heterocycles. The van der Waals surface area contributed by atoms with E-state index in [0.29, 0.717) is 18.8 Å². The molecule has 178 valence electrons. The van der Waals surface area contributed by atoms with E-state index in [1.54, 1.807) is 70.7 Å². The lowest BCUT2D eigenvalue weighted by molar-refractivity contribution is -0.160. The van der Waals surface area contributed by atoms with E-state index in [1.165, 1.54) is 11.9 Å². The fourth-order valence-electron chi connectivity index (χ4n) is 3.19. The van der Waals surface area contributed by atoms with Gasteiger partial charge in [0.1, 0.15) is 23.0 Å². The summed E-state index contributed by atoms with van der Waals surface area (Å²) in [6.07, 6.45) is 1.25. The van der Waals surface area contributed by atoms with Gasteiger partial charge in [0.25, 0.3) is 0 Å². The number of nitrogens with zero attached hydrogens (tertiary/aromatic N) is 2. The lowest BCUT2D eigenvalue weighted by atomic mass is 10.0. The van der Waals surface area contributed by atoms with Gasteiger partial charge in [-0.1, -0.05) is 12.1 Å². The topological polar surface area (TPSA) is 85.4 Å². The van der Waals surface area contributed by atoms with Crippen molar-refractivity contribution in [3.63, 3.8) is 0 Å². The standard InChI is InChI=1S/C24H36N2O6/c1-23(2,3)31-20(27)19(25(7)21(28)32-24(4,5)6)16-17-10-12-18(13-11-17)30-22(29)26-14-8-9-15-26/h10-13,19H,8-9,14-16H2,1-7H3/t19-/m1/s1. The smallest absolute Gasteiger partial charge is 0.415 e. The molecule has 8 heteroatoms. The van der Waals surface area contributed by atoms with Crippen molar-refractivity contribution in [2.75, 3.05) is 20.1 Å². The normalized spacial score (nSPS) is 15.2. The summed E-state index contributed by atoms with van der Waals surface area (Å²) >= 11 is 0. The van der Waals surface area contributed by atoms with Gasteiger partial charge in [-0.3, -0.25) is 4.90 Å². The van der Waals surface area contributed by atoms with Crippen molar-refractivity contribution in [1.29, 1.82) is 0 Å². The molecule has 1 heterocycles. The number of hydrogen-bond donors (Lipinski definition) is 0. The third-order valence-electron chi connectivity index (χ3n) is 4.75. The van der Waals surface area contributed by atoms with Crippen LogP contribution in [0.3, 0.4) is 0 Å². The van der Waals surface area contributed by atoms with Gasteiger partial charge in [-0.2, -0.15) is 0 Å². The molecule has 1 saturated heterocycles. The van der Waals surface area contributed by atoms with Gasteiger partial charge in [0, 0.05) is 26.6 Å². The molecular formula is C24H36N2O6. The average molecular weight is 449 g/mol. The highest BCUT2D eigenvalue weighted by Gasteiger charge is 2.33. The summed E-state index contributed by atoms with van der Waals surface area (Å²) in [5, 5.41) is 0. The Morgan fingerprint density at radius 2 is 1.47 bits per heavy atom. The molecule has 0 spiro atoms. The highest BCUT2D eigenvalue weighted by atomic mass is 16.6. The average Bonchev–Trinajstić information content (AvgIpc) is 3.19. The summed E-state index contributed by atoms with van der Waals surface area (Å²) in [4.78, 5) is 40.6. The SMILES string of the molecule is CN(C(=O)OC(C)(C)C)[C@H](Cc1ccc(OC(=O)N2CCCC2)cc1)C(=O)OC(C)(C)C. The molecule has 0 bridgehead atoms. The van der Waals surface area contributed by atoms with Gasteiger partial charge in [0.05, 0.1) is 0 Å². The van der Waals surface area contributed by atoms with Crippen LogP contribution in [0.4, 0.5) is 9.59 Å². The van der Waals surface area contributed by atoms with Crippen LogP contribution in [0.1, 0.15) is 59.9 Å². The molecule has 0 radical (unpaired) electrons. The van der Waals surface area contributed by atoms with Crippen LogP contribution in [-0.4, -0.2) is 65.3 Å². The van der Waals surface area contributed by atoms with Crippen LogP contribution in [-0.2, 0) is 20.7 Å². The van der Waals surface area contributed by atoms with Crippen molar-refractivity contribution < 1.29 is 28.6 Å². The van der Waals surface area contributed by atoms with Gasteiger partial charge in [0.15, 0.2) is 0 Å². The molecule has 2 amide bonds. The minimum absolute atomic E-state index is 0.227. The van der Waals surface area contributed by atoms with Crippen molar-refractivity contribution in [2.45, 2.75) is 78.0 Å². The second-order valence-corrected chi connectivity index (χ2v) is 10.1. The van der Waals surface area contributed by atoms with Gasteiger partial charge in [0.2, 0.25) is 0 Å². The molecule has 0 aromatic heterocycles. The van der Waals surface area contributed by atoms with Gasteiger partial charge in [-0.25, -0.2) is 14.4 Å². The van der Waals surface area contributed by atoms with E-state index in [9.17, 15) is 14.4 Å². The van der Waals surface area contributed by atoms with E-state index in [0.717, 1.165) is 18.4 Å². The number of likely N-dealkylation sites (N-methyl/N-ethyl adjacent to an activating group) is 1. The predicted octanol–water partition coefficient (Wildman–Crippen LogP) is 4.40. The summed E-state index contributed by atoms with van der Waals surface area (Å²) in [7, 11) is 1.52. The molecule has 2 rings (SSSR count).